The predicted molar refractivity (Wildman–Crippen MR) is 92.4 cm³/mol. The summed E-state index contributed by atoms with van der Waals surface area (Å²) in [6, 6.07) is 4.11. The molecule has 0 saturated heterocycles. The fourth-order valence-electron chi connectivity index (χ4n) is 2.56. The van der Waals surface area contributed by atoms with Gasteiger partial charge < -0.3 is 10.4 Å². The van der Waals surface area contributed by atoms with Crippen LogP contribution >= 0.6 is 23.2 Å². The number of aromatic nitrogens is 3. The second-order valence-electron chi connectivity index (χ2n) is 5.81. The first-order valence-electron chi connectivity index (χ1n) is 7.86. The van der Waals surface area contributed by atoms with Crippen molar-refractivity contribution in [2.24, 2.45) is 5.92 Å². The van der Waals surface area contributed by atoms with E-state index in [-0.39, 0.29) is 11.7 Å². The van der Waals surface area contributed by atoms with Gasteiger partial charge in [0, 0.05) is 6.42 Å². The summed E-state index contributed by atoms with van der Waals surface area (Å²) >= 11 is 12.4. The van der Waals surface area contributed by atoms with Gasteiger partial charge in [0.05, 0.1) is 10.0 Å². The minimum absolute atomic E-state index is 0.0350. The van der Waals surface area contributed by atoms with Gasteiger partial charge in [-0.25, -0.2) is 14.5 Å². The van der Waals surface area contributed by atoms with Crippen molar-refractivity contribution in [2.45, 2.75) is 32.2 Å². The molecule has 1 amide bonds. The molecule has 0 bridgehead atoms. The molecule has 7 nitrogen and oxygen atoms in total. The number of nitrogens with one attached hydrogen (secondary N) is 1. The summed E-state index contributed by atoms with van der Waals surface area (Å²) in [5.74, 6) is -1.33. The summed E-state index contributed by atoms with van der Waals surface area (Å²) in [7, 11) is 0. The molecule has 132 valence electrons. The van der Waals surface area contributed by atoms with Gasteiger partial charge in [0.2, 0.25) is 5.82 Å². The SMILES string of the molecule is CCc1nc(C(=O)NC(C(=O)O)C2CC2)nn1-c1c(Cl)cccc1Cl. The minimum Gasteiger partial charge on any atom is -0.480 e. The molecule has 1 saturated carbocycles. The zero-order valence-electron chi connectivity index (χ0n) is 13.4. The van der Waals surface area contributed by atoms with Crippen LogP contribution in [0.1, 0.15) is 36.2 Å². The van der Waals surface area contributed by atoms with E-state index < -0.39 is 17.9 Å². The molecule has 1 heterocycles. The first-order valence-corrected chi connectivity index (χ1v) is 8.62. The minimum atomic E-state index is -1.06. The third-order valence-corrected chi connectivity index (χ3v) is 4.60. The molecule has 2 aromatic rings. The van der Waals surface area contributed by atoms with E-state index in [0.29, 0.717) is 28.0 Å². The average Bonchev–Trinajstić information content (AvgIpc) is 3.31. The van der Waals surface area contributed by atoms with Crippen molar-refractivity contribution >= 4 is 35.1 Å². The van der Waals surface area contributed by atoms with Gasteiger partial charge in [0.25, 0.3) is 5.91 Å². The summed E-state index contributed by atoms with van der Waals surface area (Å²) in [6.07, 6.45) is 2.07. The number of nitrogens with zero attached hydrogens (tertiary/aromatic N) is 3. The van der Waals surface area contributed by atoms with Crippen molar-refractivity contribution in [3.05, 3.63) is 39.9 Å². The molecule has 9 heteroatoms. The highest BCUT2D eigenvalue weighted by atomic mass is 35.5. The van der Waals surface area contributed by atoms with Crippen LogP contribution < -0.4 is 5.32 Å². The monoisotopic (exact) mass is 382 g/mol. The predicted octanol–water partition coefficient (Wildman–Crippen LogP) is 2.73. The maximum Gasteiger partial charge on any atom is 0.326 e. The van der Waals surface area contributed by atoms with Crippen LogP contribution in [-0.4, -0.2) is 37.8 Å². The summed E-state index contributed by atoms with van der Waals surface area (Å²) in [4.78, 5) is 27.9. The van der Waals surface area contributed by atoms with Crippen molar-refractivity contribution in [1.29, 1.82) is 0 Å². The van der Waals surface area contributed by atoms with Crippen molar-refractivity contribution in [3.8, 4) is 5.69 Å². The zero-order valence-corrected chi connectivity index (χ0v) is 14.9. The number of hydrogen-bond acceptors (Lipinski definition) is 4. The summed E-state index contributed by atoms with van der Waals surface area (Å²) in [6.45, 7) is 1.86. The molecule has 1 unspecified atom stereocenters. The first-order chi connectivity index (χ1) is 11.9. The van der Waals surface area contributed by atoms with Gasteiger partial charge in [-0.3, -0.25) is 4.79 Å². The Morgan fingerprint density at radius 2 is 2.00 bits per heavy atom. The molecule has 1 aromatic heterocycles. The van der Waals surface area contributed by atoms with Gasteiger partial charge in [0.15, 0.2) is 0 Å². The van der Waals surface area contributed by atoms with E-state index in [1.54, 1.807) is 18.2 Å². The second kappa shape index (κ2) is 7.01. The van der Waals surface area contributed by atoms with Crippen molar-refractivity contribution in [3.63, 3.8) is 0 Å². The average molecular weight is 383 g/mol. The second-order valence-corrected chi connectivity index (χ2v) is 6.63. The Hall–Kier alpha value is -2.12. The normalized spacial score (nSPS) is 15.0. The summed E-state index contributed by atoms with van der Waals surface area (Å²) in [5.41, 5.74) is 0.436. The number of carbonyl (C=O) groups is 2. The molecule has 25 heavy (non-hydrogen) atoms. The van der Waals surface area contributed by atoms with E-state index >= 15 is 0 Å². The highest BCUT2D eigenvalue weighted by Gasteiger charge is 2.38. The van der Waals surface area contributed by atoms with E-state index in [1.807, 2.05) is 6.92 Å². The molecule has 2 N–H and O–H groups in total. The highest BCUT2D eigenvalue weighted by Crippen LogP contribution is 2.33. The molecule has 1 aliphatic carbocycles. The number of amides is 1. The third-order valence-electron chi connectivity index (χ3n) is 3.99. The van der Waals surface area contributed by atoms with E-state index in [4.69, 9.17) is 23.2 Å². The van der Waals surface area contributed by atoms with Crippen LogP contribution in [0.5, 0.6) is 0 Å². The van der Waals surface area contributed by atoms with E-state index in [2.05, 4.69) is 15.4 Å². The number of benzene rings is 1. The van der Waals surface area contributed by atoms with Crippen LogP contribution in [0.4, 0.5) is 0 Å². The van der Waals surface area contributed by atoms with E-state index in [0.717, 1.165) is 12.8 Å². The number of aliphatic carboxylic acids is 1. The molecule has 0 spiro atoms. The van der Waals surface area contributed by atoms with Gasteiger partial charge in [-0.15, -0.1) is 5.10 Å². The van der Waals surface area contributed by atoms with Crippen LogP contribution in [-0.2, 0) is 11.2 Å². The van der Waals surface area contributed by atoms with E-state index in [1.165, 1.54) is 4.68 Å². The Balaban J connectivity index is 1.92. The van der Waals surface area contributed by atoms with Gasteiger partial charge in [0.1, 0.15) is 17.6 Å². The lowest BCUT2D eigenvalue weighted by Gasteiger charge is -2.11. The first kappa shape index (κ1) is 17.7. The molecule has 0 aliphatic heterocycles. The Kier molecular flexibility index (Phi) is 4.96. The van der Waals surface area contributed by atoms with Gasteiger partial charge in [-0.05, 0) is 30.9 Å². The molecule has 1 atom stereocenters. The maximum absolute atomic E-state index is 12.4. The Bertz CT molecular complexity index is 813. The third kappa shape index (κ3) is 3.62. The van der Waals surface area contributed by atoms with Crippen molar-refractivity contribution in [2.75, 3.05) is 0 Å². The van der Waals surface area contributed by atoms with Crippen LogP contribution in [0.2, 0.25) is 10.0 Å². The largest absolute Gasteiger partial charge is 0.480 e. The summed E-state index contributed by atoms with van der Waals surface area (Å²) < 4.78 is 1.42. The maximum atomic E-state index is 12.4. The fraction of sp³-hybridized carbons (Fsp3) is 0.375. The topological polar surface area (TPSA) is 97.1 Å². The quantitative estimate of drug-likeness (QED) is 0.800. The Labute approximate surface area is 154 Å². The van der Waals surface area contributed by atoms with Gasteiger partial charge in [-0.2, -0.15) is 0 Å². The lowest BCUT2D eigenvalue weighted by Crippen LogP contribution is -2.42. The number of hydrogen-bond donors (Lipinski definition) is 2. The number of aryl methyl sites for hydroxylation is 1. The van der Waals surface area contributed by atoms with Crippen LogP contribution in [0.25, 0.3) is 5.69 Å². The summed E-state index contributed by atoms with van der Waals surface area (Å²) in [5, 5.41) is 16.7. The molecule has 1 fully saturated rings. The number of para-hydroxylation sites is 1. The Morgan fingerprint density at radius 1 is 1.36 bits per heavy atom. The standard InChI is InChI=1S/C16H16Cl2N4O3/c1-2-11-19-14(15(23)20-12(16(24)25)8-6-7-8)21-22(11)13-9(17)4-3-5-10(13)18/h3-5,8,12H,2,6-7H2,1H3,(H,20,23)(H,24,25). The number of carboxylic acid groups (broad SMARTS) is 1. The van der Waals surface area contributed by atoms with Crippen LogP contribution in [0.3, 0.4) is 0 Å². The number of halogens is 2. The Morgan fingerprint density at radius 3 is 2.52 bits per heavy atom. The number of carboxylic acids is 1. The molecule has 1 aliphatic rings. The molecule has 3 rings (SSSR count). The van der Waals surface area contributed by atoms with Crippen LogP contribution in [0.15, 0.2) is 18.2 Å². The molecule has 0 radical (unpaired) electrons. The lowest BCUT2D eigenvalue weighted by atomic mass is 10.2. The van der Waals surface area contributed by atoms with E-state index in [9.17, 15) is 14.7 Å². The zero-order chi connectivity index (χ0) is 18.1. The fourth-order valence-corrected chi connectivity index (χ4v) is 3.11. The number of carbonyl (C=O) groups excluding carboxylic acids is 1. The molecule has 1 aromatic carbocycles. The lowest BCUT2D eigenvalue weighted by molar-refractivity contribution is -0.139. The molecular formula is C16H16Cl2N4O3. The smallest absolute Gasteiger partial charge is 0.326 e. The van der Waals surface area contributed by atoms with Crippen molar-refractivity contribution < 1.29 is 14.7 Å². The highest BCUT2D eigenvalue weighted by molar-refractivity contribution is 6.37. The van der Waals surface area contributed by atoms with Gasteiger partial charge >= 0.3 is 5.97 Å². The van der Waals surface area contributed by atoms with Gasteiger partial charge in [-0.1, -0.05) is 36.2 Å². The van der Waals surface area contributed by atoms with Crippen LogP contribution in [0, 0.1) is 5.92 Å². The number of rotatable bonds is 6. The molecular weight excluding hydrogens is 367 g/mol. The van der Waals surface area contributed by atoms with Crippen molar-refractivity contribution in [1.82, 2.24) is 20.1 Å².